The summed E-state index contributed by atoms with van der Waals surface area (Å²) in [6.07, 6.45) is 1.41. The summed E-state index contributed by atoms with van der Waals surface area (Å²) in [6, 6.07) is 6.09. The zero-order valence-corrected chi connectivity index (χ0v) is 17.6. The zero-order valence-electron chi connectivity index (χ0n) is 15.9. The van der Waals surface area contributed by atoms with Crippen molar-refractivity contribution in [1.29, 1.82) is 0 Å². The number of amides is 1. The van der Waals surface area contributed by atoms with E-state index in [0.29, 0.717) is 24.9 Å². The fourth-order valence-corrected chi connectivity index (χ4v) is 3.94. The maximum absolute atomic E-state index is 13.1. The zero-order chi connectivity index (χ0) is 18.5. The van der Waals surface area contributed by atoms with Gasteiger partial charge < -0.3 is 14.4 Å². The van der Waals surface area contributed by atoms with Gasteiger partial charge in [-0.3, -0.25) is 9.69 Å². The Morgan fingerprint density at radius 2 is 2.00 bits per heavy atom. The Morgan fingerprint density at radius 1 is 1.22 bits per heavy atom. The van der Waals surface area contributed by atoms with Gasteiger partial charge >= 0.3 is 0 Å². The summed E-state index contributed by atoms with van der Waals surface area (Å²) >= 11 is 1.53. The Kier molecular flexibility index (Phi) is 7.89. The van der Waals surface area contributed by atoms with E-state index in [4.69, 9.17) is 14.5 Å². The van der Waals surface area contributed by atoms with Crippen LogP contribution in [0.4, 0.5) is 5.13 Å². The van der Waals surface area contributed by atoms with Crippen LogP contribution in [-0.2, 0) is 14.3 Å². The number of likely N-dealkylation sites (N-methyl/N-ethyl adjacent to an activating group) is 1. The number of para-hydroxylation sites is 1. The van der Waals surface area contributed by atoms with Crippen molar-refractivity contribution in [2.24, 2.45) is 0 Å². The van der Waals surface area contributed by atoms with Gasteiger partial charge in [0.25, 0.3) is 5.91 Å². The number of hydrogen-bond acceptors (Lipinski definition) is 6. The first kappa shape index (κ1) is 21.5. The van der Waals surface area contributed by atoms with Gasteiger partial charge in [-0.1, -0.05) is 37.3 Å². The van der Waals surface area contributed by atoms with Gasteiger partial charge in [0, 0.05) is 13.1 Å². The van der Waals surface area contributed by atoms with Crippen LogP contribution in [0, 0.1) is 6.92 Å². The molecule has 0 spiro atoms. The van der Waals surface area contributed by atoms with E-state index >= 15 is 0 Å². The molecule has 0 saturated heterocycles. The van der Waals surface area contributed by atoms with Crippen LogP contribution in [-0.4, -0.2) is 55.2 Å². The quantitative estimate of drug-likeness (QED) is 0.696. The van der Waals surface area contributed by atoms with Gasteiger partial charge in [0.15, 0.2) is 5.13 Å². The highest BCUT2D eigenvalue weighted by molar-refractivity contribution is 7.22. The lowest BCUT2D eigenvalue weighted by Crippen LogP contribution is -2.40. The Bertz CT molecular complexity index is 805. The summed E-state index contributed by atoms with van der Waals surface area (Å²) in [5, 5.41) is 0.696. The number of carbonyl (C=O) groups is 1. The Hall–Kier alpha value is -1.83. The van der Waals surface area contributed by atoms with Gasteiger partial charge in [-0.2, -0.15) is 0 Å². The van der Waals surface area contributed by atoms with Crippen LogP contribution in [0.25, 0.3) is 10.2 Å². The molecule has 1 aliphatic heterocycles. The van der Waals surface area contributed by atoms with Crippen LogP contribution in [0.1, 0.15) is 19.4 Å². The highest BCUT2D eigenvalue weighted by atomic mass is 35.5. The molecule has 8 heteroatoms. The molecule has 2 heterocycles. The fraction of sp³-hybridized carbons (Fsp3) is 0.474. The number of fused-ring (bicyclic) bond motifs is 1. The van der Waals surface area contributed by atoms with Crippen molar-refractivity contribution in [3.05, 3.63) is 35.8 Å². The third-order valence-electron chi connectivity index (χ3n) is 4.48. The van der Waals surface area contributed by atoms with Gasteiger partial charge in [-0.25, -0.2) is 4.98 Å². The van der Waals surface area contributed by atoms with Crippen molar-refractivity contribution >= 4 is 45.0 Å². The van der Waals surface area contributed by atoms with E-state index in [0.717, 1.165) is 35.4 Å². The average Bonchev–Trinajstić information content (AvgIpc) is 3.11. The molecule has 1 amide bonds. The van der Waals surface area contributed by atoms with Gasteiger partial charge in [-0.05, 0) is 31.6 Å². The lowest BCUT2D eigenvalue weighted by Gasteiger charge is -2.26. The second-order valence-electron chi connectivity index (χ2n) is 6.10. The first-order valence-corrected chi connectivity index (χ1v) is 9.80. The molecule has 3 rings (SSSR count). The van der Waals surface area contributed by atoms with Gasteiger partial charge in [0.05, 0.1) is 10.2 Å². The van der Waals surface area contributed by atoms with E-state index in [-0.39, 0.29) is 24.1 Å². The summed E-state index contributed by atoms with van der Waals surface area (Å²) < 4.78 is 11.9. The summed E-state index contributed by atoms with van der Waals surface area (Å²) in [6.45, 7) is 10.4. The second-order valence-corrected chi connectivity index (χ2v) is 7.11. The molecule has 6 nitrogen and oxygen atoms in total. The minimum atomic E-state index is -0.200. The SMILES string of the molecule is CCN(CC)CCN(C(=O)C1=COCCO1)c1nc2c(C)cccc2s1.Cl. The number of halogens is 1. The lowest BCUT2D eigenvalue weighted by atomic mass is 10.2. The summed E-state index contributed by atoms with van der Waals surface area (Å²) in [5.74, 6) is 0.0420. The molecule has 0 fully saturated rings. The Balaban J connectivity index is 0.00000261. The molecule has 0 unspecified atom stereocenters. The smallest absolute Gasteiger partial charge is 0.298 e. The molecule has 1 aromatic carbocycles. The summed E-state index contributed by atoms with van der Waals surface area (Å²) in [7, 11) is 0. The first-order chi connectivity index (χ1) is 12.6. The van der Waals surface area contributed by atoms with Crippen molar-refractivity contribution in [2.75, 3.05) is 44.3 Å². The maximum Gasteiger partial charge on any atom is 0.298 e. The van der Waals surface area contributed by atoms with Crippen LogP contribution in [0.5, 0.6) is 0 Å². The average molecular weight is 412 g/mol. The number of ether oxygens (including phenoxy) is 2. The molecule has 0 bridgehead atoms. The standard InChI is InChI=1S/C19H25N3O3S.ClH/c1-4-21(5-2)9-10-22(18(23)15-13-24-11-12-25-15)19-20-17-14(3)7-6-8-16(17)26-19;/h6-8,13H,4-5,9-12H2,1-3H3;1H. The van der Waals surface area contributed by atoms with Crippen molar-refractivity contribution < 1.29 is 14.3 Å². The molecule has 1 aliphatic rings. The number of carbonyl (C=O) groups excluding carboxylic acids is 1. The van der Waals surface area contributed by atoms with Crippen molar-refractivity contribution in [1.82, 2.24) is 9.88 Å². The molecule has 1 aromatic heterocycles. The number of aromatic nitrogens is 1. The number of nitrogens with zero attached hydrogens (tertiary/aromatic N) is 3. The molecule has 0 N–H and O–H groups in total. The van der Waals surface area contributed by atoms with Crippen molar-refractivity contribution in [3.63, 3.8) is 0 Å². The highest BCUT2D eigenvalue weighted by Crippen LogP contribution is 2.31. The van der Waals surface area contributed by atoms with Crippen LogP contribution >= 0.6 is 23.7 Å². The molecule has 0 radical (unpaired) electrons. The molecule has 0 aliphatic carbocycles. The Morgan fingerprint density at radius 3 is 2.63 bits per heavy atom. The molecule has 0 atom stereocenters. The Labute approximate surface area is 170 Å². The van der Waals surface area contributed by atoms with E-state index in [9.17, 15) is 4.79 Å². The van der Waals surface area contributed by atoms with E-state index in [1.54, 1.807) is 4.90 Å². The third kappa shape index (κ3) is 4.91. The molecular formula is C19H26ClN3O3S. The predicted molar refractivity (Wildman–Crippen MR) is 112 cm³/mol. The number of aryl methyl sites for hydroxylation is 1. The van der Waals surface area contributed by atoms with Crippen molar-refractivity contribution in [3.8, 4) is 0 Å². The number of rotatable bonds is 7. The summed E-state index contributed by atoms with van der Waals surface area (Å²) in [5.41, 5.74) is 2.06. The summed E-state index contributed by atoms with van der Waals surface area (Å²) in [4.78, 5) is 21.8. The number of anilines is 1. The fourth-order valence-electron chi connectivity index (χ4n) is 2.87. The first-order valence-electron chi connectivity index (χ1n) is 8.99. The topological polar surface area (TPSA) is 54.9 Å². The van der Waals surface area contributed by atoms with E-state index < -0.39 is 0 Å². The normalized spacial score (nSPS) is 13.6. The molecule has 2 aromatic rings. The van der Waals surface area contributed by atoms with Crippen LogP contribution in [0.3, 0.4) is 0 Å². The maximum atomic E-state index is 13.1. The third-order valence-corrected chi connectivity index (χ3v) is 5.52. The molecule has 148 valence electrons. The van der Waals surface area contributed by atoms with E-state index in [1.807, 2.05) is 25.1 Å². The van der Waals surface area contributed by atoms with E-state index in [1.165, 1.54) is 17.6 Å². The van der Waals surface area contributed by atoms with Crippen LogP contribution < -0.4 is 4.90 Å². The second kappa shape index (κ2) is 9.92. The van der Waals surface area contributed by atoms with Gasteiger partial charge in [0.1, 0.15) is 19.5 Å². The molecule has 0 saturated carbocycles. The minimum Gasteiger partial charge on any atom is -0.494 e. The predicted octanol–water partition coefficient (Wildman–Crippen LogP) is 3.59. The van der Waals surface area contributed by atoms with E-state index in [2.05, 4.69) is 18.7 Å². The molecular weight excluding hydrogens is 386 g/mol. The monoisotopic (exact) mass is 411 g/mol. The highest BCUT2D eigenvalue weighted by Gasteiger charge is 2.26. The largest absolute Gasteiger partial charge is 0.494 e. The van der Waals surface area contributed by atoms with Gasteiger partial charge in [-0.15, -0.1) is 12.4 Å². The number of thiazole rings is 1. The van der Waals surface area contributed by atoms with Crippen LogP contribution in [0.2, 0.25) is 0 Å². The number of benzene rings is 1. The van der Waals surface area contributed by atoms with Gasteiger partial charge in [0.2, 0.25) is 5.76 Å². The number of hydrogen-bond donors (Lipinski definition) is 0. The molecule has 27 heavy (non-hydrogen) atoms. The van der Waals surface area contributed by atoms with Crippen LogP contribution in [0.15, 0.2) is 30.2 Å². The minimum absolute atomic E-state index is 0. The van der Waals surface area contributed by atoms with Crippen molar-refractivity contribution in [2.45, 2.75) is 20.8 Å². The lowest BCUT2D eigenvalue weighted by molar-refractivity contribution is -0.119.